The zero-order valence-corrected chi connectivity index (χ0v) is 28.7. The second kappa shape index (κ2) is 20.8. The van der Waals surface area contributed by atoms with E-state index in [0.29, 0.717) is 13.1 Å². The van der Waals surface area contributed by atoms with E-state index in [9.17, 15) is 0 Å². The van der Waals surface area contributed by atoms with Gasteiger partial charge < -0.3 is 5.32 Å². The van der Waals surface area contributed by atoms with E-state index in [1.807, 2.05) is 42.5 Å². The van der Waals surface area contributed by atoms with E-state index >= 15 is 0 Å². The minimum atomic E-state index is -0.752. The molecule has 0 aromatic heterocycles. The normalized spacial score (nSPS) is 10.8. The predicted molar refractivity (Wildman–Crippen MR) is 210 cm³/mol. The molecule has 0 bridgehead atoms. The van der Waals surface area contributed by atoms with Gasteiger partial charge >= 0.3 is 0 Å². The van der Waals surface area contributed by atoms with E-state index in [-0.39, 0.29) is 0 Å². The van der Waals surface area contributed by atoms with Crippen LogP contribution in [-0.4, -0.2) is 24.7 Å². The highest BCUT2D eigenvalue weighted by Crippen LogP contribution is 2.34. The number of amidine groups is 1. The lowest BCUT2D eigenvalue weighted by Gasteiger charge is -2.22. The number of benzene rings is 6. The quantitative estimate of drug-likeness (QED) is 0.0751. The van der Waals surface area contributed by atoms with Gasteiger partial charge in [-0.1, -0.05) is 182 Å². The number of aliphatic imine (C=N–C) groups is 3. The van der Waals surface area contributed by atoms with E-state index in [1.165, 1.54) is 32.9 Å². The molecule has 244 valence electrons. The molecule has 0 spiro atoms. The van der Waals surface area contributed by atoms with Crippen LogP contribution in [0.25, 0.3) is 0 Å². The Morgan fingerprint density at radius 2 is 0.857 bits per heavy atom. The van der Waals surface area contributed by atoms with Crippen LogP contribution in [0.1, 0.15) is 22.3 Å². The molecule has 0 atom stereocenters. The maximum absolute atomic E-state index is 5.11. The average Bonchev–Trinajstić information content (AvgIpc) is 3.18. The van der Waals surface area contributed by atoms with Gasteiger partial charge in [0.15, 0.2) is 0 Å². The van der Waals surface area contributed by atoms with Gasteiger partial charge in [-0.15, -0.1) is 0 Å². The lowest BCUT2D eigenvalue weighted by Crippen LogP contribution is -2.31. The van der Waals surface area contributed by atoms with Gasteiger partial charge in [0.2, 0.25) is 0 Å². The van der Waals surface area contributed by atoms with Crippen molar-refractivity contribution < 1.29 is 0 Å². The largest absolute Gasteiger partial charge is 0.369 e. The van der Waals surface area contributed by atoms with Crippen LogP contribution >= 0.6 is 7.92 Å². The summed E-state index contributed by atoms with van der Waals surface area (Å²) in [6.07, 6.45) is 1.91. The Hall–Kier alpha value is -5.40. The molecule has 0 aliphatic heterocycles. The third kappa shape index (κ3) is 12.6. The Kier molecular flexibility index (Phi) is 14.8. The number of hydrogen-bond donors (Lipinski definition) is 1. The summed E-state index contributed by atoms with van der Waals surface area (Å²) in [7, 11) is -0.752. The summed E-state index contributed by atoms with van der Waals surface area (Å²) < 4.78 is 0. The highest BCUT2D eigenvalue weighted by molar-refractivity contribution is 7.87. The summed E-state index contributed by atoms with van der Waals surface area (Å²) in [5.41, 5.74) is 6.11. The van der Waals surface area contributed by atoms with E-state index in [2.05, 4.69) is 161 Å². The van der Waals surface area contributed by atoms with Crippen LogP contribution in [0.15, 0.2) is 197 Å². The minimum Gasteiger partial charge on any atom is -0.369 e. The second-order valence-corrected chi connectivity index (χ2v) is 13.4. The topological polar surface area (TPSA) is 49.1 Å². The molecule has 1 N–H and O–H groups in total. The Bertz CT molecular complexity index is 1800. The van der Waals surface area contributed by atoms with Crippen molar-refractivity contribution in [1.29, 1.82) is 0 Å². The third-order valence-corrected chi connectivity index (χ3v) is 9.99. The number of nitrogens with one attached hydrogen (secondary N) is 1. The summed E-state index contributed by atoms with van der Waals surface area (Å²) in [5, 5.41) is 6.33. The van der Waals surface area contributed by atoms with Gasteiger partial charge in [0.25, 0.3) is 0 Å². The van der Waals surface area contributed by atoms with Crippen LogP contribution in [0.2, 0.25) is 0 Å². The molecule has 0 saturated heterocycles. The van der Waals surface area contributed by atoms with Crippen molar-refractivity contribution in [3.05, 3.63) is 204 Å². The van der Waals surface area contributed by atoms with Gasteiger partial charge in [-0.3, -0.25) is 4.99 Å². The first-order valence-corrected chi connectivity index (χ1v) is 18.1. The van der Waals surface area contributed by atoms with E-state index in [1.54, 1.807) is 0 Å². The molecule has 0 aliphatic carbocycles. The van der Waals surface area contributed by atoms with Crippen molar-refractivity contribution >= 4 is 30.1 Å². The fourth-order valence-electron chi connectivity index (χ4n) is 5.11. The fourth-order valence-corrected chi connectivity index (χ4v) is 7.32. The minimum absolute atomic E-state index is 0.648. The maximum Gasteiger partial charge on any atom is 0.129 e. The Morgan fingerprint density at radius 3 is 1.35 bits per heavy atom. The van der Waals surface area contributed by atoms with Crippen molar-refractivity contribution in [1.82, 2.24) is 5.32 Å². The Balaban J connectivity index is 0.000000221. The third-order valence-electron chi connectivity index (χ3n) is 7.64. The molecule has 4 nitrogen and oxygen atoms in total. The molecule has 0 unspecified atom stereocenters. The number of nitrogens with zero attached hydrogens (tertiary/aromatic N) is 3. The molecule has 0 fully saturated rings. The standard InChI is InChI=1S/C28H27N2P.C16H16N2/c1-5-13-24(14-6-1)21-22-29-28(30-23-25-15-7-2-8-16-25)31(26-17-9-3-10-18-26)27-19-11-4-12-20-27;1-3-7-15(8-4-1)11-12-17-14-18-13-16-9-5-2-6-10-16/h1-20H,21-23H2,(H,29,30);1-10H,11-13H2. The van der Waals surface area contributed by atoms with E-state index in [4.69, 9.17) is 4.99 Å². The van der Waals surface area contributed by atoms with Gasteiger partial charge in [0.1, 0.15) is 5.58 Å². The highest BCUT2D eigenvalue weighted by atomic mass is 31.1. The van der Waals surface area contributed by atoms with Crippen molar-refractivity contribution in [2.24, 2.45) is 15.0 Å². The molecule has 5 heteroatoms. The molecular weight excluding hydrogens is 615 g/mol. The first-order chi connectivity index (χ1) is 24.3. The number of hydrogen-bond acceptors (Lipinski definition) is 3. The molecule has 0 heterocycles. The smallest absolute Gasteiger partial charge is 0.129 e. The summed E-state index contributed by atoms with van der Waals surface area (Å²) in [5.74, 6) is 0. The summed E-state index contributed by atoms with van der Waals surface area (Å²) in [6, 6.07) is 65.8. The molecular formula is C44H43N4P. The molecule has 0 amide bonds. The van der Waals surface area contributed by atoms with Crippen LogP contribution in [0, 0.1) is 0 Å². The van der Waals surface area contributed by atoms with Crippen LogP contribution in [-0.2, 0) is 25.9 Å². The molecule has 6 aromatic rings. The summed E-state index contributed by atoms with van der Waals surface area (Å²) in [6.45, 7) is 2.92. The monoisotopic (exact) mass is 658 g/mol. The lowest BCUT2D eigenvalue weighted by atomic mass is 10.1. The predicted octanol–water partition coefficient (Wildman–Crippen LogP) is 9.11. The fraction of sp³-hybridized carbons (Fsp3) is 0.136. The second-order valence-electron chi connectivity index (χ2n) is 11.3. The highest BCUT2D eigenvalue weighted by Gasteiger charge is 2.20. The first-order valence-electron chi connectivity index (χ1n) is 16.8. The van der Waals surface area contributed by atoms with E-state index in [0.717, 1.165) is 31.5 Å². The Morgan fingerprint density at radius 1 is 0.449 bits per heavy atom. The van der Waals surface area contributed by atoms with E-state index < -0.39 is 7.92 Å². The van der Waals surface area contributed by atoms with Crippen molar-refractivity contribution in [2.45, 2.75) is 25.9 Å². The SMILES string of the molecule is C(=NCCc1ccccc1)=NCc1ccccc1.c1ccc(CCNC(=NCc2ccccc2)P(c2ccccc2)c2ccccc2)cc1. The zero-order chi connectivity index (χ0) is 33.6. The first kappa shape index (κ1) is 34.9. The van der Waals surface area contributed by atoms with Crippen molar-refractivity contribution in [3.8, 4) is 0 Å². The average molecular weight is 659 g/mol. The molecule has 0 radical (unpaired) electrons. The van der Waals surface area contributed by atoms with Gasteiger partial charge in [-0.2, -0.15) is 0 Å². The molecule has 6 rings (SSSR count). The molecule has 0 saturated carbocycles. The van der Waals surface area contributed by atoms with Crippen LogP contribution < -0.4 is 15.9 Å². The molecule has 6 aromatic carbocycles. The molecule has 0 aliphatic rings. The molecule has 49 heavy (non-hydrogen) atoms. The maximum atomic E-state index is 5.11. The number of rotatable bonds is 13. The van der Waals surface area contributed by atoms with Crippen molar-refractivity contribution in [2.75, 3.05) is 13.1 Å². The van der Waals surface area contributed by atoms with Crippen LogP contribution in [0.3, 0.4) is 0 Å². The Labute approximate surface area is 292 Å². The van der Waals surface area contributed by atoms with Gasteiger partial charge in [-0.25, -0.2) is 9.98 Å². The van der Waals surface area contributed by atoms with Crippen LogP contribution in [0.4, 0.5) is 0 Å². The zero-order valence-electron chi connectivity index (χ0n) is 27.9. The van der Waals surface area contributed by atoms with Crippen LogP contribution in [0.5, 0.6) is 0 Å². The summed E-state index contributed by atoms with van der Waals surface area (Å²) in [4.78, 5) is 13.4. The van der Waals surface area contributed by atoms with Gasteiger partial charge in [0, 0.05) is 14.5 Å². The van der Waals surface area contributed by atoms with Gasteiger partial charge in [-0.05, 0) is 45.7 Å². The summed E-state index contributed by atoms with van der Waals surface area (Å²) >= 11 is 0. The van der Waals surface area contributed by atoms with Crippen molar-refractivity contribution in [3.63, 3.8) is 0 Å². The van der Waals surface area contributed by atoms with Gasteiger partial charge in [0.05, 0.1) is 25.6 Å². The lowest BCUT2D eigenvalue weighted by molar-refractivity contribution is 0.865.